The predicted octanol–water partition coefficient (Wildman–Crippen LogP) is 3.88. The largest absolute Gasteiger partial charge is 0.274 e. The lowest BCUT2D eigenvalue weighted by Gasteiger charge is -2.04. The third kappa shape index (κ3) is 3.95. The van der Waals surface area contributed by atoms with Crippen molar-refractivity contribution in [3.63, 3.8) is 0 Å². The quantitative estimate of drug-likeness (QED) is 0.660. The van der Waals surface area contributed by atoms with Crippen LogP contribution in [0.3, 0.4) is 0 Å². The Hall–Kier alpha value is -2.08. The number of benzene rings is 2. The molecule has 0 heterocycles. The predicted molar refractivity (Wildman–Crippen MR) is 80.2 cm³/mol. The van der Waals surface area contributed by atoms with E-state index in [9.17, 15) is 13.6 Å². The summed E-state index contributed by atoms with van der Waals surface area (Å²) in [6.45, 7) is 1.70. The summed E-state index contributed by atoms with van der Waals surface area (Å²) in [7, 11) is 0. The second-order valence-corrected chi connectivity index (χ2v) is 5.18. The minimum absolute atomic E-state index is 0.387. The van der Waals surface area contributed by atoms with Gasteiger partial charge in [0.05, 0.1) is 11.3 Å². The number of hydrazone groups is 1. The van der Waals surface area contributed by atoms with Crippen LogP contribution in [0.1, 0.15) is 22.8 Å². The molecule has 3 nitrogen and oxygen atoms in total. The second kappa shape index (κ2) is 6.58. The van der Waals surface area contributed by atoms with E-state index in [-0.39, 0.29) is 5.56 Å². The number of hydrogen-bond acceptors (Lipinski definition) is 2. The number of carbonyl (C=O) groups is 1. The molecule has 0 spiro atoms. The van der Waals surface area contributed by atoms with E-state index in [2.05, 4.69) is 26.5 Å². The Kier molecular flexibility index (Phi) is 4.80. The van der Waals surface area contributed by atoms with Gasteiger partial charge in [-0.3, -0.25) is 4.79 Å². The summed E-state index contributed by atoms with van der Waals surface area (Å²) in [5.41, 5.74) is 3.18. The normalized spacial score (nSPS) is 11.3. The van der Waals surface area contributed by atoms with Crippen molar-refractivity contribution in [3.05, 3.63) is 69.7 Å². The maximum absolute atomic E-state index is 13.4. The molecule has 1 N–H and O–H groups in total. The minimum Gasteiger partial charge on any atom is -0.267 e. The molecule has 6 heteroatoms. The lowest BCUT2D eigenvalue weighted by molar-refractivity contribution is 0.0950. The Morgan fingerprint density at radius 1 is 1.14 bits per heavy atom. The summed E-state index contributed by atoms with van der Waals surface area (Å²) in [5, 5.41) is 3.88. The Bertz CT molecular complexity index is 699. The van der Waals surface area contributed by atoms with Crippen LogP contribution < -0.4 is 5.43 Å². The van der Waals surface area contributed by atoms with Gasteiger partial charge < -0.3 is 0 Å². The first-order chi connectivity index (χ1) is 9.97. The zero-order valence-corrected chi connectivity index (χ0v) is 12.6. The number of amides is 1. The molecule has 0 aliphatic carbocycles. The maximum atomic E-state index is 13.4. The van der Waals surface area contributed by atoms with E-state index >= 15 is 0 Å². The van der Waals surface area contributed by atoms with Crippen molar-refractivity contribution in [3.8, 4) is 0 Å². The van der Waals surface area contributed by atoms with Crippen molar-refractivity contribution in [2.45, 2.75) is 6.92 Å². The van der Waals surface area contributed by atoms with E-state index in [1.807, 2.05) is 24.3 Å². The van der Waals surface area contributed by atoms with Crippen molar-refractivity contribution in [2.75, 3.05) is 0 Å². The first-order valence-corrected chi connectivity index (χ1v) is 6.82. The fourth-order valence-corrected chi connectivity index (χ4v) is 1.89. The highest BCUT2D eigenvalue weighted by molar-refractivity contribution is 9.10. The van der Waals surface area contributed by atoms with Crippen LogP contribution in [-0.4, -0.2) is 11.6 Å². The van der Waals surface area contributed by atoms with Gasteiger partial charge in [-0.15, -0.1) is 0 Å². The molecule has 0 atom stereocenters. The van der Waals surface area contributed by atoms with E-state index in [0.717, 1.165) is 28.2 Å². The standard InChI is InChI=1S/C15H11BrF2N2O/c1-9(10-2-4-11(16)5-3-10)19-20-15(21)13-8-12(17)6-7-14(13)18/h2-8H,1H3,(H,20,21)/b19-9+. The molecule has 0 radical (unpaired) electrons. The van der Waals surface area contributed by atoms with Crippen LogP contribution in [0.25, 0.3) is 0 Å². The van der Waals surface area contributed by atoms with Crippen LogP contribution in [-0.2, 0) is 0 Å². The average Bonchev–Trinajstić information content (AvgIpc) is 2.47. The summed E-state index contributed by atoms with van der Waals surface area (Å²) >= 11 is 3.32. The zero-order chi connectivity index (χ0) is 15.4. The van der Waals surface area contributed by atoms with Gasteiger partial charge in [0.15, 0.2) is 0 Å². The monoisotopic (exact) mass is 352 g/mol. The molecule has 2 aromatic rings. The molecule has 0 aromatic heterocycles. The van der Waals surface area contributed by atoms with Gasteiger partial charge >= 0.3 is 0 Å². The van der Waals surface area contributed by atoms with Gasteiger partial charge in [-0.05, 0) is 42.8 Å². The van der Waals surface area contributed by atoms with Crippen LogP contribution in [0.4, 0.5) is 8.78 Å². The molecular formula is C15H11BrF2N2O. The lowest BCUT2D eigenvalue weighted by Crippen LogP contribution is -2.20. The number of carbonyl (C=O) groups excluding carboxylic acids is 1. The van der Waals surface area contributed by atoms with Gasteiger partial charge in [-0.25, -0.2) is 14.2 Å². The first kappa shape index (κ1) is 15.3. The third-order valence-corrected chi connectivity index (χ3v) is 3.29. The first-order valence-electron chi connectivity index (χ1n) is 6.03. The number of hydrogen-bond donors (Lipinski definition) is 1. The zero-order valence-electron chi connectivity index (χ0n) is 11.0. The highest BCUT2D eigenvalue weighted by atomic mass is 79.9. The van der Waals surface area contributed by atoms with Crippen molar-refractivity contribution >= 4 is 27.5 Å². The van der Waals surface area contributed by atoms with Crippen LogP contribution in [0.15, 0.2) is 52.0 Å². The van der Waals surface area contributed by atoms with Gasteiger partial charge in [0, 0.05) is 4.47 Å². The molecule has 0 saturated heterocycles. The molecule has 1 amide bonds. The Morgan fingerprint density at radius 3 is 2.48 bits per heavy atom. The van der Waals surface area contributed by atoms with E-state index < -0.39 is 17.5 Å². The average molecular weight is 353 g/mol. The van der Waals surface area contributed by atoms with Gasteiger partial charge in [0.1, 0.15) is 11.6 Å². The van der Waals surface area contributed by atoms with Crippen molar-refractivity contribution < 1.29 is 13.6 Å². The SMILES string of the molecule is C/C(=N\NC(=O)c1cc(F)ccc1F)c1ccc(Br)cc1. The van der Waals surface area contributed by atoms with Gasteiger partial charge in [0.2, 0.25) is 0 Å². The lowest BCUT2D eigenvalue weighted by atomic mass is 10.1. The summed E-state index contributed by atoms with van der Waals surface area (Å²) in [6, 6.07) is 9.98. The van der Waals surface area contributed by atoms with Gasteiger partial charge in [0.25, 0.3) is 5.91 Å². The van der Waals surface area contributed by atoms with E-state index in [1.54, 1.807) is 6.92 Å². The van der Waals surface area contributed by atoms with Crippen LogP contribution >= 0.6 is 15.9 Å². The van der Waals surface area contributed by atoms with Crippen LogP contribution in [0, 0.1) is 11.6 Å². The van der Waals surface area contributed by atoms with Crippen molar-refractivity contribution in [1.82, 2.24) is 5.43 Å². The molecule has 21 heavy (non-hydrogen) atoms. The fourth-order valence-electron chi connectivity index (χ4n) is 1.62. The van der Waals surface area contributed by atoms with Crippen molar-refractivity contribution in [2.24, 2.45) is 5.10 Å². The van der Waals surface area contributed by atoms with E-state index in [1.165, 1.54) is 0 Å². The number of nitrogens with zero attached hydrogens (tertiary/aromatic N) is 1. The topological polar surface area (TPSA) is 41.5 Å². The second-order valence-electron chi connectivity index (χ2n) is 4.27. The molecule has 108 valence electrons. The molecule has 0 unspecified atom stereocenters. The highest BCUT2D eigenvalue weighted by Crippen LogP contribution is 2.12. The Morgan fingerprint density at radius 2 is 1.81 bits per heavy atom. The molecule has 0 aliphatic rings. The molecule has 0 aliphatic heterocycles. The molecule has 0 fully saturated rings. The highest BCUT2D eigenvalue weighted by Gasteiger charge is 2.12. The van der Waals surface area contributed by atoms with E-state index in [0.29, 0.717) is 5.71 Å². The summed E-state index contributed by atoms with van der Waals surface area (Å²) < 4.78 is 27.4. The number of halogens is 3. The number of rotatable bonds is 3. The summed E-state index contributed by atoms with van der Waals surface area (Å²) in [4.78, 5) is 11.8. The molecular weight excluding hydrogens is 342 g/mol. The molecule has 0 bridgehead atoms. The fraction of sp³-hybridized carbons (Fsp3) is 0.0667. The van der Waals surface area contributed by atoms with Crippen molar-refractivity contribution in [1.29, 1.82) is 0 Å². The van der Waals surface area contributed by atoms with Crippen LogP contribution in [0.5, 0.6) is 0 Å². The molecule has 2 rings (SSSR count). The molecule has 0 saturated carbocycles. The number of nitrogens with one attached hydrogen (secondary N) is 1. The maximum Gasteiger partial charge on any atom is 0.274 e. The third-order valence-electron chi connectivity index (χ3n) is 2.76. The summed E-state index contributed by atoms with van der Waals surface area (Å²) in [6.07, 6.45) is 0. The van der Waals surface area contributed by atoms with E-state index in [4.69, 9.17) is 0 Å². The van der Waals surface area contributed by atoms with Gasteiger partial charge in [-0.2, -0.15) is 5.10 Å². The molecule has 2 aromatic carbocycles. The summed E-state index contributed by atoms with van der Waals surface area (Å²) in [5.74, 6) is -2.29. The smallest absolute Gasteiger partial charge is 0.267 e. The Labute approximate surface area is 128 Å². The minimum atomic E-state index is -0.802. The van der Waals surface area contributed by atoms with Gasteiger partial charge in [-0.1, -0.05) is 28.1 Å². The van der Waals surface area contributed by atoms with Crippen LogP contribution in [0.2, 0.25) is 0 Å². The Balaban J connectivity index is 2.14.